The number of hydrogen-bond acceptors (Lipinski definition) is 5. The van der Waals surface area contributed by atoms with E-state index in [2.05, 4.69) is 15.1 Å². The van der Waals surface area contributed by atoms with E-state index < -0.39 is 0 Å². The molecule has 1 amide bonds. The summed E-state index contributed by atoms with van der Waals surface area (Å²) in [6, 6.07) is 3.81. The van der Waals surface area contributed by atoms with Gasteiger partial charge in [0.15, 0.2) is 0 Å². The van der Waals surface area contributed by atoms with Crippen LogP contribution in [0.2, 0.25) is 0 Å². The van der Waals surface area contributed by atoms with Crippen LogP contribution in [-0.4, -0.2) is 56.4 Å². The molecule has 0 N–H and O–H groups in total. The molecule has 1 aliphatic heterocycles. The predicted octanol–water partition coefficient (Wildman–Crippen LogP) is 0.842. The number of amides is 1. The second-order valence-electron chi connectivity index (χ2n) is 5.73. The van der Waals surface area contributed by atoms with Crippen molar-refractivity contribution >= 4 is 5.91 Å². The van der Waals surface area contributed by atoms with Crippen LogP contribution in [-0.2, 0) is 22.5 Å². The largest absolute Gasteiger partial charge is 0.375 e. The third-order valence-electron chi connectivity index (χ3n) is 3.93. The number of carbonyl (C=O) groups is 1. The van der Waals surface area contributed by atoms with Gasteiger partial charge in [0, 0.05) is 36.9 Å². The zero-order valence-electron chi connectivity index (χ0n) is 13.3. The van der Waals surface area contributed by atoms with Gasteiger partial charge in [-0.3, -0.25) is 9.48 Å². The normalized spacial score (nSPS) is 18.1. The van der Waals surface area contributed by atoms with Gasteiger partial charge in [-0.2, -0.15) is 5.10 Å². The second kappa shape index (κ2) is 7.32. The van der Waals surface area contributed by atoms with Crippen molar-refractivity contribution in [3.05, 3.63) is 42.2 Å². The highest BCUT2D eigenvalue weighted by Gasteiger charge is 2.24. The summed E-state index contributed by atoms with van der Waals surface area (Å²) in [7, 11) is 0. The molecule has 0 bridgehead atoms. The first-order valence-corrected chi connectivity index (χ1v) is 7.85. The van der Waals surface area contributed by atoms with Gasteiger partial charge < -0.3 is 9.64 Å². The van der Waals surface area contributed by atoms with Gasteiger partial charge in [-0.15, -0.1) is 0 Å². The lowest BCUT2D eigenvalue weighted by Gasteiger charge is -2.33. The molecule has 1 atom stereocenters. The topological polar surface area (TPSA) is 73.1 Å². The summed E-state index contributed by atoms with van der Waals surface area (Å²) >= 11 is 0. The quantitative estimate of drug-likeness (QED) is 0.817. The van der Waals surface area contributed by atoms with Crippen LogP contribution in [0.3, 0.4) is 0 Å². The molecule has 3 rings (SSSR count). The first kappa shape index (κ1) is 15.6. The standard InChI is InChI=1S/C16H21N5O2/c1-13-9-14(18-12-17-13)3-4-15-10-20(7-8-23-15)16(22)11-21-6-2-5-19-21/h2,5-6,9,12,15H,3-4,7-8,10-11H2,1H3/t15-/m1/s1. The maximum absolute atomic E-state index is 12.3. The van der Waals surface area contributed by atoms with E-state index in [9.17, 15) is 4.79 Å². The van der Waals surface area contributed by atoms with Crippen LogP contribution in [0.4, 0.5) is 0 Å². The highest BCUT2D eigenvalue weighted by molar-refractivity contribution is 5.76. The maximum atomic E-state index is 12.3. The van der Waals surface area contributed by atoms with Gasteiger partial charge in [-0.25, -0.2) is 9.97 Å². The molecule has 3 heterocycles. The van der Waals surface area contributed by atoms with Gasteiger partial charge in [-0.1, -0.05) is 0 Å². The SMILES string of the molecule is Cc1cc(CC[C@@H]2CN(C(=O)Cn3cccn3)CCO2)ncn1. The number of hydrogen-bond donors (Lipinski definition) is 0. The first-order valence-electron chi connectivity index (χ1n) is 7.85. The number of ether oxygens (including phenoxy) is 1. The molecule has 0 aliphatic carbocycles. The number of aryl methyl sites for hydroxylation is 2. The van der Waals surface area contributed by atoms with Crippen molar-refractivity contribution in [1.82, 2.24) is 24.6 Å². The Kier molecular flexibility index (Phi) is 4.97. The monoisotopic (exact) mass is 315 g/mol. The Morgan fingerprint density at radius 1 is 1.43 bits per heavy atom. The molecule has 122 valence electrons. The minimum Gasteiger partial charge on any atom is -0.375 e. The van der Waals surface area contributed by atoms with Gasteiger partial charge in [0.1, 0.15) is 12.9 Å². The molecule has 2 aromatic rings. The second-order valence-corrected chi connectivity index (χ2v) is 5.73. The minimum absolute atomic E-state index is 0.0561. The number of morpholine rings is 1. The number of aromatic nitrogens is 4. The van der Waals surface area contributed by atoms with Crippen LogP contribution in [0, 0.1) is 6.92 Å². The molecular weight excluding hydrogens is 294 g/mol. The van der Waals surface area contributed by atoms with E-state index in [-0.39, 0.29) is 18.6 Å². The molecule has 0 aromatic carbocycles. The van der Waals surface area contributed by atoms with Crippen molar-refractivity contribution in [1.29, 1.82) is 0 Å². The van der Waals surface area contributed by atoms with E-state index in [1.54, 1.807) is 23.4 Å². The Bertz CT molecular complexity index is 644. The Balaban J connectivity index is 1.50. The maximum Gasteiger partial charge on any atom is 0.244 e. The fourth-order valence-corrected chi connectivity index (χ4v) is 2.71. The summed E-state index contributed by atoms with van der Waals surface area (Å²) in [4.78, 5) is 22.6. The summed E-state index contributed by atoms with van der Waals surface area (Å²) in [5.41, 5.74) is 1.98. The third kappa shape index (κ3) is 4.35. The van der Waals surface area contributed by atoms with Crippen LogP contribution >= 0.6 is 0 Å². The number of nitrogens with zero attached hydrogens (tertiary/aromatic N) is 5. The van der Waals surface area contributed by atoms with Crippen molar-refractivity contribution < 1.29 is 9.53 Å². The van der Waals surface area contributed by atoms with Crippen molar-refractivity contribution in [3.8, 4) is 0 Å². The van der Waals surface area contributed by atoms with E-state index in [1.165, 1.54) is 0 Å². The Morgan fingerprint density at radius 2 is 2.35 bits per heavy atom. The lowest BCUT2D eigenvalue weighted by molar-refractivity contribution is -0.139. The Hall–Kier alpha value is -2.28. The highest BCUT2D eigenvalue weighted by Crippen LogP contribution is 2.12. The van der Waals surface area contributed by atoms with Gasteiger partial charge >= 0.3 is 0 Å². The smallest absolute Gasteiger partial charge is 0.244 e. The minimum atomic E-state index is 0.0561. The van der Waals surface area contributed by atoms with E-state index in [1.807, 2.05) is 24.0 Å². The number of carbonyl (C=O) groups excluding carboxylic acids is 1. The molecule has 23 heavy (non-hydrogen) atoms. The molecular formula is C16H21N5O2. The summed E-state index contributed by atoms with van der Waals surface area (Å²) in [5, 5.41) is 4.08. The van der Waals surface area contributed by atoms with Crippen molar-refractivity contribution in [3.63, 3.8) is 0 Å². The van der Waals surface area contributed by atoms with Crippen LogP contribution in [0.1, 0.15) is 17.8 Å². The fraction of sp³-hybridized carbons (Fsp3) is 0.500. The summed E-state index contributed by atoms with van der Waals surface area (Å²) in [5.74, 6) is 0.0832. The number of rotatable bonds is 5. The Labute approximate surface area is 135 Å². The molecule has 1 saturated heterocycles. The van der Waals surface area contributed by atoms with E-state index in [0.717, 1.165) is 24.2 Å². The van der Waals surface area contributed by atoms with Gasteiger partial charge in [-0.05, 0) is 31.9 Å². The molecule has 2 aromatic heterocycles. The average Bonchev–Trinajstić information content (AvgIpc) is 3.06. The van der Waals surface area contributed by atoms with Crippen molar-refractivity contribution in [2.24, 2.45) is 0 Å². The fourth-order valence-electron chi connectivity index (χ4n) is 2.71. The first-order chi connectivity index (χ1) is 11.2. The van der Waals surface area contributed by atoms with Crippen LogP contribution in [0.15, 0.2) is 30.9 Å². The summed E-state index contributed by atoms with van der Waals surface area (Å²) in [6.45, 7) is 4.09. The molecule has 0 unspecified atom stereocenters. The van der Waals surface area contributed by atoms with E-state index in [0.29, 0.717) is 19.7 Å². The zero-order valence-corrected chi connectivity index (χ0v) is 13.3. The molecule has 1 aliphatic rings. The van der Waals surface area contributed by atoms with Gasteiger partial charge in [0.25, 0.3) is 0 Å². The van der Waals surface area contributed by atoms with Crippen LogP contribution < -0.4 is 0 Å². The zero-order chi connectivity index (χ0) is 16.1. The molecule has 0 radical (unpaired) electrons. The summed E-state index contributed by atoms with van der Waals surface area (Å²) in [6.07, 6.45) is 6.80. The molecule has 0 saturated carbocycles. The summed E-state index contributed by atoms with van der Waals surface area (Å²) < 4.78 is 7.44. The molecule has 7 nitrogen and oxygen atoms in total. The van der Waals surface area contributed by atoms with E-state index >= 15 is 0 Å². The third-order valence-corrected chi connectivity index (χ3v) is 3.93. The van der Waals surface area contributed by atoms with Crippen molar-refractivity contribution in [2.75, 3.05) is 19.7 Å². The molecule has 0 spiro atoms. The van der Waals surface area contributed by atoms with Crippen molar-refractivity contribution in [2.45, 2.75) is 32.4 Å². The molecule has 1 fully saturated rings. The predicted molar refractivity (Wildman–Crippen MR) is 83.6 cm³/mol. The lowest BCUT2D eigenvalue weighted by Crippen LogP contribution is -2.46. The Morgan fingerprint density at radius 3 is 3.13 bits per heavy atom. The molecule has 7 heteroatoms. The van der Waals surface area contributed by atoms with Crippen LogP contribution in [0.25, 0.3) is 0 Å². The lowest BCUT2D eigenvalue weighted by atomic mass is 10.1. The highest BCUT2D eigenvalue weighted by atomic mass is 16.5. The average molecular weight is 315 g/mol. The van der Waals surface area contributed by atoms with E-state index in [4.69, 9.17) is 4.74 Å². The van der Waals surface area contributed by atoms with Crippen LogP contribution in [0.5, 0.6) is 0 Å². The van der Waals surface area contributed by atoms with Gasteiger partial charge in [0.2, 0.25) is 5.91 Å². The van der Waals surface area contributed by atoms with Gasteiger partial charge in [0.05, 0.1) is 12.7 Å².